The number of amides is 3. The number of carbonyl (C=O) groups excluding carboxylic acids is 2. The second-order valence-corrected chi connectivity index (χ2v) is 7.35. The number of urea groups is 1. The van der Waals surface area contributed by atoms with Crippen molar-refractivity contribution in [2.24, 2.45) is 0 Å². The number of aromatic nitrogens is 2. The summed E-state index contributed by atoms with van der Waals surface area (Å²) in [5, 5.41) is 2.81. The van der Waals surface area contributed by atoms with Crippen molar-refractivity contribution in [3.8, 4) is 0 Å². The highest BCUT2D eigenvalue weighted by atomic mass is 19.1. The normalized spacial score (nSPS) is 18.8. The van der Waals surface area contributed by atoms with Crippen molar-refractivity contribution >= 4 is 17.6 Å². The van der Waals surface area contributed by atoms with E-state index in [2.05, 4.69) is 10.3 Å². The van der Waals surface area contributed by atoms with E-state index < -0.39 is 23.3 Å². The van der Waals surface area contributed by atoms with Crippen molar-refractivity contribution < 1.29 is 14.0 Å². The number of carbonyl (C=O) groups is 2. The highest BCUT2D eigenvalue weighted by Crippen LogP contribution is 2.35. The van der Waals surface area contributed by atoms with Crippen LogP contribution in [0.25, 0.3) is 5.65 Å². The topological polar surface area (TPSA) is 83.8 Å². The molecule has 154 valence electrons. The fourth-order valence-corrected chi connectivity index (χ4v) is 3.80. The molecule has 30 heavy (non-hydrogen) atoms. The molecule has 1 saturated heterocycles. The third kappa shape index (κ3) is 3.34. The Labute approximate surface area is 172 Å². The van der Waals surface area contributed by atoms with Gasteiger partial charge in [-0.15, -0.1) is 0 Å². The zero-order valence-electron chi connectivity index (χ0n) is 16.5. The van der Waals surface area contributed by atoms with Gasteiger partial charge in [-0.25, -0.2) is 14.2 Å². The van der Waals surface area contributed by atoms with Crippen molar-refractivity contribution in [2.75, 3.05) is 0 Å². The summed E-state index contributed by atoms with van der Waals surface area (Å²) < 4.78 is 14.8. The fraction of sp³-hybridized carbons (Fsp3) is 0.273. The van der Waals surface area contributed by atoms with Gasteiger partial charge in [-0.3, -0.25) is 18.9 Å². The third-order valence-corrected chi connectivity index (χ3v) is 5.36. The molecule has 0 radical (unpaired) electrons. The molecule has 0 bridgehead atoms. The van der Waals surface area contributed by atoms with E-state index in [1.54, 1.807) is 24.4 Å². The fourth-order valence-electron chi connectivity index (χ4n) is 3.80. The molecule has 0 aliphatic carbocycles. The van der Waals surface area contributed by atoms with Gasteiger partial charge >= 0.3 is 6.03 Å². The van der Waals surface area contributed by atoms with Crippen LogP contribution in [0, 0.1) is 5.82 Å². The summed E-state index contributed by atoms with van der Waals surface area (Å²) in [5.74, 6) is -0.846. The molecule has 7 nitrogen and oxygen atoms in total. The lowest BCUT2D eigenvalue weighted by Crippen LogP contribution is -2.44. The van der Waals surface area contributed by atoms with Gasteiger partial charge in [-0.05, 0) is 36.2 Å². The molecule has 3 amide bonds. The lowest BCUT2D eigenvalue weighted by Gasteiger charge is -2.27. The van der Waals surface area contributed by atoms with Crippen LogP contribution in [-0.2, 0) is 16.9 Å². The molecular formula is C22H21FN4O3. The maximum Gasteiger partial charge on any atom is 0.325 e. The number of hydrogen-bond acceptors (Lipinski definition) is 4. The first-order chi connectivity index (χ1) is 14.4. The highest BCUT2D eigenvalue weighted by Gasteiger charge is 2.51. The zero-order chi connectivity index (χ0) is 21.3. The number of nitrogens with zero attached hydrogens (tertiary/aromatic N) is 3. The van der Waals surface area contributed by atoms with Crippen LogP contribution < -0.4 is 10.9 Å². The summed E-state index contributed by atoms with van der Waals surface area (Å²) in [6.07, 6.45) is 3.53. The SMILES string of the molecule is CCCCC1(c2ccc(F)cc2)NC(=O)N(Cc2cc(=O)n3ccccc3n2)C1=O. The Morgan fingerprint density at radius 1 is 1.10 bits per heavy atom. The minimum Gasteiger partial charge on any atom is -0.319 e. The first kappa shape index (κ1) is 19.8. The van der Waals surface area contributed by atoms with Gasteiger partial charge in [0, 0.05) is 12.3 Å². The Morgan fingerprint density at radius 3 is 2.60 bits per heavy atom. The van der Waals surface area contributed by atoms with Crippen molar-refractivity contribution in [2.45, 2.75) is 38.3 Å². The van der Waals surface area contributed by atoms with Crippen LogP contribution in [0.15, 0.2) is 59.5 Å². The molecule has 1 fully saturated rings. The number of imide groups is 1. The van der Waals surface area contributed by atoms with Gasteiger partial charge in [-0.1, -0.05) is 38.0 Å². The third-order valence-electron chi connectivity index (χ3n) is 5.36. The molecule has 8 heteroatoms. The molecule has 4 rings (SSSR count). The summed E-state index contributed by atoms with van der Waals surface area (Å²) in [6, 6.07) is 11.5. The Kier molecular flexibility index (Phi) is 5.07. The van der Waals surface area contributed by atoms with E-state index in [1.807, 2.05) is 6.92 Å². The van der Waals surface area contributed by atoms with Crippen LogP contribution >= 0.6 is 0 Å². The molecule has 0 spiro atoms. The van der Waals surface area contributed by atoms with Crippen LogP contribution in [0.4, 0.5) is 9.18 Å². The number of hydrogen-bond donors (Lipinski definition) is 1. The minimum atomic E-state index is -1.26. The summed E-state index contributed by atoms with van der Waals surface area (Å²) in [7, 11) is 0. The molecule has 2 aromatic heterocycles. The first-order valence-electron chi connectivity index (χ1n) is 9.82. The molecule has 1 aliphatic rings. The van der Waals surface area contributed by atoms with Crippen molar-refractivity contribution in [3.05, 3.63) is 82.2 Å². The molecule has 1 aromatic carbocycles. The maximum atomic E-state index is 13.4. The average molecular weight is 408 g/mol. The average Bonchev–Trinajstić information content (AvgIpc) is 2.98. The van der Waals surface area contributed by atoms with Crippen molar-refractivity contribution in [1.82, 2.24) is 19.6 Å². The van der Waals surface area contributed by atoms with E-state index in [9.17, 15) is 18.8 Å². The molecule has 3 heterocycles. The van der Waals surface area contributed by atoms with E-state index in [0.717, 1.165) is 11.3 Å². The second kappa shape index (κ2) is 7.70. The monoisotopic (exact) mass is 408 g/mol. The van der Waals surface area contributed by atoms with Gasteiger partial charge in [-0.2, -0.15) is 0 Å². The summed E-state index contributed by atoms with van der Waals surface area (Å²) in [5.41, 5.74) is -0.265. The second-order valence-electron chi connectivity index (χ2n) is 7.35. The quantitative estimate of drug-likeness (QED) is 0.636. The van der Waals surface area contributed by atoms with E-state index in [1.165, 1.54) is 34.7 Å². The standard InChI is InChI=1S/C22H21FN4O3/c1-2-3-11-22(15-7-9-16(23)10-8-15)20(29)27(21(30)25-22)14-17-13-19(28)26-12-5-4-6-18(26)24-17/h4-10,12-13H,2-3,11,14H2,1H3,(H,25,30). The van der Waals surface area contributed by atoms with Crippen LogP contribution in [-0.4, -0.2) is 26.2 Å². The number of halogens is 1. The van der Waals surface area contributed by atoms with Gasteiger partial charge < -0.3 is 5.32 Å². The smallest absolute Gasteiger partial charge is 0.319 e. The molecule has 1 N–H and O–H groups in total. The Morgan fingerprint density at radius 2 is 1.87 bits per heavy atom. The van der Waals surface area contributed by atoms with Crippen LogP contribution in [0.3, 0.4) is 0 Å². The molecule has 0 saturated carbocycles. The summed E-state index contributed by atoms with van der Waals surface area (Å²) >= 11 is 0. The number of unbranched alkanes of at least 4 members (excludes halogenated alkanes) is 1. The predicted molar refractivity (Wildman–Crippen MR) is 108 cm³/mol. The van der Waals surface area contributed by atoms with Crippen LogP contribution in [0.5, 0.6) is 0 Å². The first-order valence-corrected chi connectivity index (χ1v) is 9.82. The van der Waals surface area contributed by atoms with E-state index in [0.29, 0.717) is 29.7 Å². The van der Waals surface area contributed by atoms with Crippen molar-refractivity contribution in [1.29, 1.82) is 0 Å². The molecule has 1 atom stereocenters. The summed E-state index contributed by atoms with van der Waals surface area (Å²) in [4.78, 5) is 44.0. The Hall–Kier alpha value is -3.55. The van der Waals surface area contributed by atoms with Gasteiger partial charge in [0.05, 0.1) is 12.2 Å². The molecular weight excluding hydrogens is 387 g/mol. The Bertz CT molecular complexity index is 1170. The predicted octanol–water partition coefficient (Wildman–Crippen LogP) is 2.97. The van der Waals surface area contributed by atoms with Gasteiger partial charge in [0.1, 0.15) is 17.0 Å². The molecule has 1 aliphatic heterocycles. The van der Waals surface area contributed by atoms with Gasteiger partial charge in [0.2, 0.25) is 0 Å². The largest absolute Gasteiger partial charge is 0.325 e. The van der Waals surface area contributed by atoms with E-state index >= 15 is 0 Å². The lowest BCUT2D eigenvalue weighted by atomic mass is 9.84. The molecule has 1 unspecified atom stereocenters. The van der Waals surface area contributed by atoms with Crippen LogP contribution in [0.2, 0.25) is 0 Å². The summed E-state index contributed by atoms with van der Waals surface area (Å²) in [6.45, 7) is 1.87. The maximum absolute atomic E-state index is 13.4. The Balaban J connectivity index is 1.70. The lowest BCUT2D eigenvalue weighted by molar-refractivity contribution is -0.132. The number of pyridine rings is 1. The zero-order valence-corrected chi connectivity index (χ0v) is 16.5. The number of nitrogens with one attached hydrogen (secondary N) is 1. The minimum absolute atomic E-state index is 0.125. The number of rotatable bonds is 6. The number of benzene rings is 1. The highest BCUT2D eigenvalue weighted by molar-refractivity contribution is 6.07. The van der Waals surface area contributed by atoms with Gasteiger partial charge in [0.15, 0.2) is 0 Å². The van der Waals surface area contributed by atoms with E-state index in [-0.39, 0.29) is 12.1 Å². The van der Waals surface area contributed by atoms with Gasteiger partial charge in [0.25, 0.3) is 11.5 Å². The number of fused-ring (bicyclic) bond motifs is 1. The molecule has 3 aromatic rings. The van der Waals surface area contributed by atoms with E-state index in [4.69, 9.17) is 0 Å². The van der Waals surface area contributed by atoms with Crippen molar-refractivity contribution in [3.63, 3.8) is 0 Å². The van der Waals surface area contributed by atoms with Crippen LogP contribution in [0.1, 0.15) is 37.4 Å².